The highest BCUT2D eigenvalue weighted by Gasteiger charge is 2.19. The topological polar surface area (TPSA) is 78.9 Å². The summed E-state index contributed by atoms with van der Waals surface area (Å²) >= 11 is 4.61. The van der Waals surface area contributed by atoms with Gasteiger partial charge in [-0.25, -0.2) is 9.37 Å². The van der Waals surface area contributed by atoms with Gasteiger partial charge in [-0.05, 0) is 30.3 Å². The second-order valence-corrected chi connectivity index (χ2v) is 7.34. The molecule has 0 bridgehead atoms. The first kappa shape index (κ1) is 17.6. The molecule has 0 saturated heterocycles. The molecule has 2 aromatic heterocycles. The van der Waals surface area contributed by atoms with Gasteiger partial charge in [-0.3, -0.25) is 0 Å². The predicted octanol–water partition coefficient (Wildman–Crippen LogP) is 4.55. The Hall–Kier alpha value is -2.78. The Kier molecular flexibility index (Phi) is 4.63. The van der Waals surface area contributed by atoms with Crippen molar-refractivity contribution in [3.63, 3.8) is 0 Å². The largest absolute Gasteiger partial charge is 0.496 e. The molecule has 0 amide bonds. The first-order chi connectivity index (χ1) is 13.1. The number of rotatable bonds is 4. The van der Waals surface area contributed by atoms with Crippen molar-refractivity contribution in [2.45, 2.75) is 0 Å². The van der Waals surface area contributed by atoms with Gasteiger partial charge in [0.2, 0.25) is 0 Å². The Balaban J connectivity index is 1.74. The molecule has 0 radical (unpaired) electrons. The number of anilines is 1. The summed E-state index contributed by atoms with van der Waals surface area (Å²) in [4.78, 5) is 4.61. The van der Waals surface area contributed by atoms with Crippen molar-refractivity contribution < 1.29 is 9.13 Å². The fourth-order valence-electron chi connectivity index (χ4n) is 2.63. The Bertz CT molecular complexity index is 1130. The molecule has 0 unspecified atom stereocenters. The highest BCUT2D eigenvalue weighted by Crippen LogP contribution is 2.35. The van der Waals surface area contributed by atoms with Crippen LogP contribution in [-0.2, 0) is 0 Å². The minimum absolute atomic E-state index is 0.218. The van der Waals surface area contributed by atoms with E-state index in [1.165, 1.54) is 22.1 Å². The van der Waals surface area contributed by atoms with E-state index < -0.39 is 5.82 Å². The van der Waals surface area contributed by atoms with Gasteiger partial charge >= 0.3 is 0 Å². The van der Waals surface area contributed by atoms with Crippen LogP contribution in [0, 0.1) is 5.82 Å². The van der Waals surface area contributed by atoms with Gasteiger partial charge in [-0.2, -0.15) is 4.68 Å². The Morgan fingerprint density at radius 2 is 2.04 bits per heavy atom. The molecule has 2 heterocycles. The van der Waals surface area contributed by atoms with Crippen LogP contribution in [0.3, 0.4) is 0 Å². The van der Waals surface area contributed by atoms with Crippen molar-refractivity contribution in [3.8, 4) is 33.4 Å². The monoisotopic (exact) mass is 445 g/mol. The van der Waals surface area contributed by atoms with Crippen LogP contribution in [0.5, 0.6) is 5.75 Å². The van der Waals surface area contributed by atoms with Gasteiger partial charge in [0.05, 0.1) is 12.8 Å². The number of para-hydroxylation sites is 1. The van der Waals surface area contributed by atoms with Gasteiger partial charge in [0.25, 0.3) is 0 Å². The van der Waals surface area contributed by atoms with Crippen LogP contribution in [0.4, 0.5) is 10.2 Å². The number of thiazole rings is 1. The molecular formula is C18H13BrFN5OS. The van der Waals surface area contributed by atoms with Crippen molar-refractivity contribution in [1.29, 1.82) is 0 Å². The molecule has 4 rings (SSSR count). The third kappa shape index (κ3) is 3.19. The van der Waals surface area contributed by atoms with Crippen molar-refractivity contribution in [2.75, 3.05) is 12.8 Å². The summed E-state index contributed by atoms with van der Waals surface area (Å²) in [6.07, 6.45) is 0. The number of aromatic nitrogens is 4. The lowest BCUT2D eigenvalue weighted by molar-refractivity contribution is 0.416. The maximum atomic E-state index is 14.2. The summed E-state index contributed by atoms with van der Waals surface area (Å²) in [5.41, 5.74) is 8.42. The second-order valence-electron chi connectivity index (χ2n) is 5.57. The quantitative estimate of drug-likeness (QED) is 0.498. The first-order valence-corrected chi connectivity index (χ1v) is 9.51. The van der Waals surface area contributed by atoms with E-state index in [1.54, 1.807) is 19.2 Å². The third-order valence-electron chi connectivity index (χ3n) is 3.93. The van der Waals surface area contributed by atoms with Crippen LogP contribution in [0.15, 0.2) is 52.3 Å². The van der Waals surface area contributed by atoms with Crippen LogP contribution in [-0.4, -0.2) is 27.1 Å². The Morgan fingerprint density at radius 1 is 1.22 bits per heavy atom. The number of ether oxygens (including phenoxy) is 1. The summed E-state index contributed by atoms with van der Waals surface area (Å²) in [5.74, 6) is 0.487. The van der Waals surface area contributed by atoms with Gasteiger partial charge in [-0.15, -0.1) is 16.4 Å². The maximum absolute atomic E-state index is 14.2. The van der Waals surface area contributed by atoms with E-state index >= 15 is 0 Å². The smallest absolute Gasteiger partial charge is 0.165 e. The Morgan fingerprint density at radius 3 is 2.81 bits per heavy atom. The standard InChI is InChI=1S/C18H13BrFN5OS/c1-26-15-5-3-2-4-11(15)13-9-27-18(22-13)16-17(21)25(24-23-16)14-7-6-10(19)8-12(14)20/h2-9H,21H2,1H3. The summed E-state index contributed by atoms with van der Waals surface area (Å²) in [6, 6.07) is 12.2. The van der Waals surface area contributed by atoms with Crippen LogP contribution in [0.1, 0.15) is 0 Å². The Labute approximate surface area is 166 Å². The van der Waals surface area contributed by atoms with Crippen molar-refractivity contribution in [3.05, 3.63) is 58.1 Å². The summed E-state index contributed by atoms with van der Waals surface area (Å²) in [7, 11) is 1.61. The molecular weight excluding hydrogens is 433 g/mol. The normalized spacial score (nSPS) is 10.9. The van der Waals surface area contributed by atoms with Crippen molar-refractivity contribution >= 4 is 33.1 Å². The van der Waals surface area contributed by atoms with E-state index in [9.17, 15) is 4.39 Å². The number of hydrogen-bond donors (Lipinski definition) is 1. The van der Waals surface area contributed by atoms with E-state index in [1.807, 2.05) is 29.6 Å². The van der Waals surface area contributed by atoms with Crippen LogP contribution >= 0.6 is 27.3 Å². The third-order valence-corrected chi connectivity index (χ3v) is 5.27. The molecule has 4 aromatic rings. The van der Waals surface area contributed by atoms with E-state index in [-0.39, 0.29) is 11.5 Å². The van der Waals surface area contributed by atoms with Crippen LogP contribution < -0.4 is 10.5 Å². The molecule has 0 atom stereocenters. The number of benzene rings is 2. The average Bonchev–Trinajstić information content (AvgIpc) is 3.29. The number of halogens is 2. The number of nitrogens with two attached hydrogens (primary N) is 1. The molecule has 0 aliphatic heterocycles. The van der Waals surface area contributed by atoms with E-state index in [2.05, 4.69) is 31.2 Å². The molecule has 9 heteroatoms. The molecule has 136 valence electrons. The molecule has 0 spiro atoms. The van der Waals surface area contributed by atoms with E-state index in [4.69, 9.17) is 10.5 Å². The lowest BCUT2D eigenvalue weighted by atomic mass is 10.1. The zero-order valence-corrected chi connectivity index (χ0v) is 16.5. The van der Waals surface area contributed by atoms with Gasteiger partial charge in [0.1, 0.15) is 22.3 Å². The van der Waals surface area contributed by atoms with E-state index in [0.717, 1.165) is 17.0 Å². The molecule has 2 aromatic carbocycles. The lowest BCUT2D eigenvalue weighted by Gasteiger charge is -2.05. The SMILES string of the molecule is COc1ccccc1-c1csc(-c2nnn(-c3ccc(Br)cc3F)c2N)n1. The van der Waals surface area contributed by atoms with Gasteiger partial charge < -0.3 is 10.5 Å². The molecule has 0 aliphatic carbocycles. The average molecular weight is 446 g/mol. The molecule has 2 N–H and O–H groups in total. The highest BCUT2D eigenvalue weighted by molar-refractivity contribution is 9.10. The summed E-state index contributed by atoms with van der Waals surface area (Å²) < 4.78 is 21.5. The minimum Gasteiger partial charge on any atom is -0.496 e. The molecule has 6 nitrogen and oxygen atoms in total. The number of nitrogens with zero attached hydrogens (tertiary/aromatic N) is 4. The molecule has 0 fully saturated rings. The summed E-state index contributed by atoms with van der Waals surface area (Å²) in [6.45, 7) is 0. The maximum Gasteiger partial charge on any atom is 0.165 e. The van der Waals surface area contributed by atoms with Gasteiger partial charge in [0, 0.05) is 15.4 Å². The minimum atomic E-state index is -0.457. The summed E-state index contributed by atoms with van der Waals surface area (Å²) in [5, 5.41) is 10.6. The van der Waals surface area contributed by atoms with Crippen molar-refractivity contribution in [1.82, 2.24) is 20.0 Å². The van der Waals surface area contributed by atoms with Crippen LogP contribution in [0.2, 0.25) is 0 Å². The second kappa shape index (κ2) is 7.09. The number of hydrogen-bond acceptors (Lipinski definition) is 6. The highest BCUT2D eigenvalue weighted by atomic mass is 79.9. The van der Waals surface area contributed by atoms with Gasteiger partial charge in [-0.1, -0.05) is 33.3 Å². The van der Waals surface area contributed by atoms with Crippen molar-refractivity contribution in [2.24, 2.45) is 0 Å². The van der Waals surface area contributed by atoms with Crippen LogP contribution in [0.25, 0.3) is 27.6 Å². The fraction of sp³-hybridized carbons (Fsp3) is 0.0556. The first-order valence-electron chi connectivity index (χ1n) is 7.84. The number of methoxy groups -OCH3 is 1. The zero-order chi connectivity index (χ0) is 19.0. The number of nitrogen functional groups attached to an aromatic ring is 1. The molecule has 27 heavy (non-hydrogen) atoms. The van der Waals surface area contributed by atoms with E-state index in [0.29, 0.717) is 15.2 Å². The molecule has 0 saturated carbocycles. The zero-order valence-electron chi connectivity index (χ0n) is 14.1. The fourth-order valence-corrected chi connectivity index (χ4v) is 3.78. The van der Waals surface area contributed by atoms with Gasteiger partial charge in [0.15, 0.2) is 11.5 Å². The lowest BCUT2D eigenvalue weighted by Crippen LogP contribution is -2.04. The molecule has 0 aliphatic rings. The predicted molar refractivity (Wildman–Crippen MR) is 107 cm³/mol.